The second kappa shape index (κ2) is 14.3. The third kappa shape index (κ3) is 14.3. The van der Waals surface area contributed by atoms with E-state index in [1.165, 1.54) is 24.4 Å². The monoisotopic (exact) mass is 206 g/mol. The average Bonchev–Trinajstić information content (AvgIpc) is 2.26. The van der Waals surface area contributed by atoms with Crippen LogP contribution in [0.5, 0.6) is 0 Å². The topological polar surface area (TPSA) is 18.5 Å². The smallest absolute Gasteiger partial charge is 0.0654 e. The van der Waals surface area contributed by atoms with Crippen molar-refractivity contribution >= 4 is 17.7 Å². The van der Waals surface area contributed by atoms with Gasteiger partial charge < -0.3 is 0 Å². The van der Waals surface area contributed by atoms with Gasteiger partial charge in [0.15, 0.2) is 0 Å². The maximum absolute atomic E-state index is 5.32. The molecular weight excluding hydrogens is 183 g/mol. The van der Waals surface area contributed by atoms with E-state index in [0.717, 1.165) is 26.1 Å². The fourth-order valence-corrected chi connectivity index (χ4v) is 1.18. The van der Waals surface area contributed by atoms with E-state index in [9.17, 15) is 0 Å². The molecule has 0 atom stereocenters. The summed E-state index contributed by atoms with van der Waals surface area (Å²) in [5, 5.41) is 1.22. The number of unbranched alkanes of at least 4 members (excludes halogenated alkanes) is 2. The summed E-state index contributed by atoms with van der Waals surface area (Å²) in [5.74, 6) is 0. The number of allylic oxidation sites excluding steroid dienone is 1. The molecule has 0 saturated carbocycles. The van der Waals surface area contributed by atoms with Gasteiger partial charge in [-0.15, -0.1) is 0 Å². The predicted molar refractivity (Wildman–Crippen MR) is 65.2 cm³/mol. The van der Waals surface area contributed by atoms with Crippen LogP contribution in [0.3, 0.4) is 0 Å². The minimum absolute atomic E-state index is 0.450. The fourth-order valence-electron chi connectivity index (χ4n) is 1.18. The summed E-state index contributed by atoms with van der Waals surface area (Å²) >= 11 is 2.19. The summed E-state index contributed by atoms with van der Waals surface area (Å²) in [5.41, 5.74) is 0. The molecule has 0 fully saturated rings. The van der Waals surface area contributed by atoms with E-state index in [-0.39, 0.29) is 0 Å². The first-order valence-corrected chi connectivity index (χ1v) is 6.22. The Hall–Kier alpha value is 0.257. The number of rotatable bonds is 11. The number of ether oxygens (including phenoxy) is 2. The van der Waals surface area contributed by atoms with Gasteiger partial charge in [-0.25, -0.2) is 0 Å². The molecule has 0 radical (unpaired) electrons. The Morgan fingerprint density at radius 3 is 2.47 bits per heavy atom. The summed E-state index contributed by atoms with van der Waals surface area (Å²) in [6.07, 6.45) is 10.2. The molecule has 3 heteroatoms. The van der Waals surface area contributed by atoms with E-state index < -0.39 is 0 Å². The SMILES string of the molecule is [Li][CH2]CC=CCCOCOCCCCC. The Morgan fingerprint density at radius 2 is 1.73 bits per heavy atom. The van der Waals surface area contributed by atoms with Crippen LogP contribution in [-0.4, -0.2) is 37.7 Å². The van der Waals surface area contributed by atoms with Crippen molar-refractivity contribution in [3.63, 3.8) is 0 Å². The van der Waals surface area contributed by atoms with E-state index in [4.69, 9.17) is 9.47 Å². The quantitative estimate of drug-likeness (QED) is 0.224. The Bertz CT molecular complexity index is 138. The van der Waals surface area contributed by atoms with E-state index in [1.54, 1.807) is 0 Å². The first-order chi connectivity index (χ1) is 7.41. The van der Waals surface area contributed by atoms with Gasteiger partial charge in [0.05, 0.1) is 0 Å². The van der Waals surface area contributed by atoms with Crippen LogP contribution >= 0.6 is 0 Å². The second-order valence-corrected chi connectivity index (χ2v) is 3.69. The minimum atomic E-state index is 0.450. The van der Waals surface area contributed by atoms with Crippen LogP contribution in [0.25, 0.3) is 0 Å². The molecule has 0 aliphatic rings. The molecule has 15 heavy (non-hydrogen) atoms. The van der Waals surface area contributed by atoms with E-state index in [0.29, 0.717) is 6.79 Å². The Morgan fingerprint density at radius 1 is 1.00 bits per heavy atom. The van der Waals surface area contributed by atoms with Crippen molar-refractivity contribution in [1.82, 2.24) is 0 Å². The minimum Gasteiger partial charge on any atom is -0.0654 e. The first-order valence-electron chi connectivity index (χ1n) is 6.22. The van der Waals surface area contributed by atoms with Crippen LogP contribution < -0.4 is 0 Å². The molecule has 0 heterocycles. The zero-order chi connectivity index (χ0) is 11.2. The molecule has 0 amide bonds. The summed E-state index contributed by atoms with van der Waals surface area (Å²) < 4.78 is 10.6. The van der Waals surface area contributed by atoms with E-state index >= 15 is 0 Å². The van der Waals surface area contributed by atoms with Crippen LogP contribution in [-0.2, 0) is 9.47 Å². The van der Waals surface area contributed by atoms with Crippen LogP contribution in [0, 0.1) is 0 Å². The summed E-state index contributed by atoms with van der Waals surface area (Å²) in [4.78, 5) is 0. The summed E-state index contributed by atoms with van der Waals surface area (Å²) in [6.45, 7) is 4.25. The van der Waals surface area contributed by atoms with Crippen molar-refractivity contribution in [2.24, 2.45) is 0 Å². The number of hydrogen-bond donors (Lipinski definition) is 0. The Balaban J connectivity index is 2.92. The van der Waals surface area contributed by atoms with Crippen molar-refractivity contribution < 1.29 is 9.47 Å². The molecule has 0 unspecified atom stereocenters. The molecule has 0 saturated heterocycles. The molecule has 0 N–H and O–H groups in total. The Kier molecular flexibility index (Phi) is 14.5. The van der Waals surface area contributed by atoms with Crippen molar-refractivity contribution in [2.45, 2.75) is 44.1 Å². The maximum atomic E-state index is 5.32. The molecule has 84 valence electrons. The molecule has 0 aliphatic carbocycles. The van der Waals surface area contributed by atoms with Gasteiger partial charge >= 0.3 is 90.1 Å². The van der Waals surface area contributed by atoms with Gasteiger partial charge in [-0.3, -0.25) is 0 Å². The molecule has 0 rings (SSSR count). The molecule has 2 nitrogen and oxygen atoms in total. The predicted octanol–water partition coefficient (Wildman–Crippen LogP) is 3.09. The Labute approximate surface area is 104 Å². The summed E-state index contributed by atoms with van der Waals surface area (Å²) in [7, 11) is 0. The fraction of sp³-hybridized carbons (Fsp3) is 0.833. The third-order valence-electron chi connectivity index (χ3n) is 2.11. The zero-order valence-electron chi connectivity index (χ0n) is 10.3. The van der Waals surface area contributed by atoms with Crippen molar-refractivity contribution in [1.29, 1.82) is 0 Å². The van der Waals surface area contributed by atoms with Gasteiger partial charge in [-0.2, -0.15) is 0 Å². The van der Waals surface area contributed by atoms with Gasteiger partial charge in [-0.1, -0.05) is 13.3 Å². The van der Waals surface area contributed by atoms with Crippen molar-refractivity contribution in [3.8, 4) is 0 Å². The van der Waals surface area contributed by atoms with E-state index in [1.807, 2.05) is 0 Å². The molecule has 0 aliphatic heterocycles. The molecule has 0 bridgehead atoms. The van der Waals surface area contributed by atoms with Gasteiger partial charge in [0.25, 0.3) is 0 Å². The molecule has 0 spiro atoms. The van der Waals surface area contributed by atoms with Crippen LogP contribution in [0.1, 0.15) is 39.0 Å². The third-order valence-corrected chi connectivity index (χ3v) is 2.11. The van der Waals surface area contributed by atoms with Crippen LogP contribution in [0.2, 0.25) is 5.09 Å². The van der Waals surface area contributed by atoms with Gasteiger partial charge in [-0.05, 0) is 0 Å². The first kappa shape index (κ1) is 15.3. The van der Waals surface area contributed by atoms with Crippen molar-refractivity contribution in [2.75, 3.05) is 20.0 Å². The van der Waals surface area contributed by atoms with Gasteiger partial charge in [0, 0.05) is 0 Å². The van der Waals surface area contributed by atoms with Crippen LogP contribution in [0.15, 0.2) is 12.2 Å². The molecule has 0 aromatic rings. The normalized spacial score (nSPS) is 11.4. The van der Waals surface area contributed by atoms with Crippen LogP contribution in [0.4, 0.5) is 0 Å². The zero-order valence-corrected chi connectivity index (χ0v) is 10.3. The molecule has 0 aromatic carbocycles. The van der Waals surface area contributed by atoms with Crippen molar-refractivity contribution in [3.05, 3.63) is 12.2 Å². The van der Waals surface area contributed by atoms with Gasteiger partial charge in [0.1, 0.15) is 0 Å². The standard InChI is InChI=1S/C12H23O2.Li/c1-3-5-7-9-11-14-12-13-10-8-6-4-2;/h5,7H,1,3-4,6,8-12H2,2H3;. The van der Waals surface area contributed by atoms with E-state index in [2.05, 4.69) is 36.8 Å². The number of hydrogen-bond acceptors (Lipinski definition) is 2. The molecular formula is C12H23LiO2. The average molecular weight is 206 g/mol. The molecule has 0 aromatic heterocycles. The summed E-state index contributed by atoms with van der Waals surface area (Å²) in [6, 6.07) is 0. The second-order valence-electron chi connectivity index (χ2n) is 3.69. The van der Waals surface area contributed by atoms with Gasteiger partial charge in [0.2, 0.25) is 0 Å².